The molecule has 0 amide bonds. The van der Waals surface area contributed by atoms with Gasteiger partial charge in [-0.3, -0.25) is 0 Å². The average Bonchev–Trinajstić information content (AvgIpc) is 2.23. The summed E-state index contributed by atoms with van der Waals surface area (Å²) in [6, 6.07) is 5.57. The van der Waals surface area contributed by atoms with Gasteiger partial charge in [0.25, 0.3) is 0 Å². The molecule has 86 valence electrons. The molecule has 1 heterocycles. The molecule has 2 rings (SSSR count). The lowest BCUT2D eigenvalue weighted by molar-refractivity contribution is -0.146. The zero-order valence-electron chi connectivity index (χ0n) is 9.60. The Hall–Kier alpha value is -1.71. The molecule has 0 bridgehead atoms. The highest BCUT2D eigenvalue weighted by atomic mass is 16.5. The second kappa shape index (κ2) is 3.70. The molecule has 0 radical (unpaired) electrons. The molecule has 0 spiro atoms. The molecule has 0 saturated carbocycles. The van der Waals surface area contributed by atoms with E-state index in [1.54, 1.807) is 0 Å². The molecule has 0 fully saturated rings. The highest BCUT2D eigenvalue weighted by Crippen LogP contribution is 2.35. The van der Waals surface area contributed by atoms with E-state index in [0.717, 1.165) is 11.3 Å². The van der Waals surface area contributed by atoms with E-state index in [9.17, 15) is 4.79 Å². The van der Waals surface area contributed by atoms with Gasteiger partial charge in [0.2, 0.25) is 6.10 Å². The minimum atomic E-state index is -0.925. The predicted molar refractivity (Wildman–Crippen MR) is 61.1 cm³/mol. The van der Waals surface area contributed by atoms with Gasteiger partial charge >= 0.3 is 5.97 Å². The van der Waals surface area contributed by atoms with Gasteiger partial charge in [0.15, 0.2) is 0 Å². The fourth-order valence-electron chi connectivity index (χ4n) is 1.92. The SMILES string of the molecule is Cc1ccc2c(c1)N(C)C(C)C(C(=O)O)O2. The Kier molecular flexibility index (Phi) is 2.50. The van der Waals surface area contributed by atoms with Gasteiger partial charge in [-0.15, -0.1) is 0 Å². The lowest BCUT2D eigenvalue weighted by Gasteiger charge is -2.37. The maximum atomic E-state index is 11.0. The molecule has 16 heavy (non-hydrogen) atoms. The summed E-state index contributed by atoms with van der Waals surface area (Å²) in [6.45, 7) is 3.85. The molecule has 4 heteroatoms. The van der Waals surface area contributed by atoms with Crippen LogP contribution in [0, 0.1) is 6.92 Å². The monoisotopic (exact) mass is 221 g/mol. The molecule has 1 aliphatic heterocycles. The number of hydrogen-bond acceptors (Lipinski definition) is 3. The Bertz CT molecular complexity index is 430. The lowest BCUT2D eigenvalue weighted by atomic mass is 10.1. The summed E-state index contributed by atoms with van der Waals surface area (Å²) in [5.74, 6) is -0.288. The van der Waals surface area contributed by atoms with Crippen LogP contribution in [0.1, 0.15) is 12.5 Å². The summed E-state index contributed by atoms with van der Waals surface area (Å²) in [7, 11) is 1.89. The number of fused-ring (bicyclic) bond motifs is 1. The Balaban J connectivity index is 2.44. The summed E-state index contributed by atoms with van der Waals surface area (Å²) < 4.78 is 5.49. The van der Waals surface area contributed by atoms with E-state index in [1.165, 1.54) is 0 Å². The van der Waals surface area contributed by atoms with E-state index < -0.39 is 12.1 Å². The first kappa shape index (κ1) is 10.8. The van der Waals surface area contributed by atoms with Crippen LogP contribution >= 0.6 is 0 Å². The van der Waals surface area contributed by atoms with E-state index >= 15 is 0 Å². The highest BCUT2D eigenvalue weighted by molar-refractivity contribution is 5.77. The van der Waals surface area contributed by atoms with Crippen molar-refractivity contribution in [1.82, 2.24) is 0 Å². The highest BCUT2D eigenvalue weighted by Gasteiger charge is 2.35. The van der Waals surface area contributed by atoms with Gasteiger partial charge in [0.05, 0.1) is 11.7 Å². The minimum absolute atomic E-state index is 0.174. The van der Waals surface area contributed by atoms with Gasteiger partial charge in [-0.05, 0) is 31.5 Å². The van der Waals surface area contributed by atoms with E-state index in [-0.39, 0.29) is 6.04 Å². The van der Waals surface area contributed by atoms with E-state index in [1.807, 2.05) is 44.0 Å². The molecule has 1 aliphatic rings. The van der Waals surface area contributed by atoms with E-state index in [4.69, 9.17) is 9.84 Å². The second-order valence-corrected chi connectivity index (χ2v) is 4.20. The zero-order chi connectivity index (χ0) is 11.9. The summed E-state index contributed by atoms with van der Waals surface area (Å²) in [6.07, 6.45) is -0.805. The van der Waals surface area contributed by atoms with Crippen molar-refractivity contribution < 1.29 is 14.6 Å². The summed E-state index contributed by atoms with van der Waals surface area (Å²) in [5.41, 5.74) is 2.08. The average molecular weight is 221 g/mol. The molecule has 1 N–H and O–H groups in total. The third-order valence-corrected chi connectivity index (χ3v) is 3.04. The number of carboxylic acids is 1. The van der Waals surface area contributed by atoms with Crippen LogP contribution in [0.15, 0.2) is 18.2 Å². The van der Waals surface area contributed by atoms with Crippen molar-refractivity contribution in [1.29, 1.82) is 0 Å². The van der Waals surface area contributed by atoms with Gasteiger partial charge in [-0.2, -0.15) is 0 Å². The fourth-order valence-corrected chi connectivity index (χ4v) is 1.92. The van der Waals surface area contributed by atoms with Crippen LogP contribution in [0.25, 0.3) is 0 Å². The molecule has 2 atom stereocenters. The van der Waals surface area contributed by atoms with Gasteiger partial charge in [0.1, 0.15) is 5.75 Å². The van der Waals surface area contributed by atoms with Crippen LogP contribution in [-0.2, 0) is 4.79 Å². The molecule has 1 aromatic carbocycles. The predicted octanol–water partition coefficient (Wildman–Crippen LogP) is 1.67. The molecular formula is C12H15NO3. The van der Waals surface area contributed by atoms with Crippen LogP contribution in [0.2, 0.25) is 0 Å². The number of hydrogen-bond donors (Lipinski definition) is 1. The van der Waals surface area contributed by atoms with Gasteiger partial charge in [-0.25, -0.2) is 4.79 Å². The van der Waals surface area contributed by atoms with Gasteiger partial charge < -0.3 is 14.7 Å². The molecule has 2 unspecified atom stereocenters. The van der Waals surface area contributed by atoms with Crippen LogP contribution in [0.4, 0.5) is 5.69 Å². The first-order valence-corrected chi connectivity index (χ1v) is 5.23. The van der Waals surface area contributed by atoms with Crippen molar-refractivity contribution in [3.8, 4) is 5.75 Å². The Morgan fingerprint density at radius 1 is 1.50 bits per heavy atom. The summed E-state index contributed by atoms with van der Waals surface area (Å²) >= 11 is 0. The Labute approximate surface area is 94.4 Å². The van der Waals surface area contributed by atoms with Crippen molar-refractivity contribution in [3.05, 3.63) is 23.8 Å². The number of carbonyl (C=O) groups is 1. The number of rotatable bonds is 1. The Morgan fingerprint density at radius 3 is 2.81 bits per heavy atom. The van der Waals surface area contributed by atoms with Crippen molar-refractivity contribution in [2.24, 2.45) is 0 Å². The first-order valence-electron chi connectivity index (χ1n) is 5.23. The molecule has 0 saturated heterocycles. The summed E-state index contributed by atoms with van der Waals surface area (Å²) in [5, 5.41) is 9.05. The lowest BCUT2D eigenvalue weighted by Crippen LogP contribution is -2.50. The number of benzene rings is 1. The first-order chi connectivity index (χ1) is 7.50. The van der Waals surface area contributed by atoms with Crippen LogP contribution in [-0.4, -0.2) is 30.3 Å². The molecular weight excluding hydrogens is 206 g/mol. The van der Waals surface area contributed by atoms with Crippen LogP contribution in [0.5, 0.6) is 5.75 Å². The van der Waals surface area contributed by atoms with Crippen molar-refractivity contribution in [2.75, 3.05) is 11.9 Å². The van der Waals surface area contributed by atoms with Gasteiger partial charge in [-0.1, -0.05) is 6.07 Å². The summed E-state index contributed by atoms with van der Waals surface area (Å²) in [4.78, 5) is 13.0. The number of nitrogens with zero attached hydrogens (tertiary/aromatic N) is 1. The van der Waals surface area contributed by atoms with Crippen molar-refractivity contribution in [3.63, 3.8) is 0 Å². The quantitative estimate of drug-likeness (QED) is 0.783. The van der Waals surface area contributed by atoms with Crippen molar-refractivity contribution in [2.45, 2.75) is 26.0 Å². The number of anilines is 1. The minimum Gasteiger partial charge on any atom is -0.478 e. The molecule has 4 nitrogen and oxygen atoms in total. The van der Waals surface area contributed by atoms with Crippen molar-refractivity contribution >= 4 is 11.7 Å². The second-order valence-electron chi connectivity index (χ2n) is 4.20. The smallest absolute Gasteiger partial charge is 0.347 e. The van der Waals surface area contributed by atoms with E-state index in [2.05, 4.69) is 0 Å². The third kappa shape index (κ3) is 1.60. The molecule has 0 aliphatic carbocycles. The van der Waals surface area contributed by atoms with Gasteiger partial charge in [0, 0.05) is 7.05 Å². The number of aliphatic carboxylic acids is 1. The Morgan fingerprint density at radius 2 is 2.19 bits per heavy atom. The topological polar surface area (TPSA) is 49.8 Å². The number of ether oxygens (including phenoxy) is 1. The third-order valence-electron chi connectivity index (χ3n) is 3.04. The van der Waals surface area contributed by atoms with Crippen LogP contribution in [0.3, 0.4) is 0 Å². The zero-order valence-corrected chi connectivity index (χ0v) is 9.60. The maximum absolute atomic E-state index is 11.0. The van der Waals surface area contributed by atoms with Crippen LogP contribution < -0.4 is 9.64 Å². The largest absolute Gasteiger partial charge is 0.478 e. The number of carboxylic acid groups (broad SMARTS) is 1. The maximum Gasteiger partial charge on any atom is 0.347 e. The molecule has 0 aromatic heterocycles. The standard InChI is InChI=1S/C12H15NO3/c1-7-4-5-10-9(6-7)13(3)8(2)11(16-10)12(14)15/h4-6,8,11H,1-3H3,(H,14,15). The fraction of sp³-hybridized carbons (Fsp3) is 0.417. The molecule has 1 aromatic rings. The number of aryl methyl sites for hydroxylation is 1. The normalized spacial score (nSPS) is 23.6. The number of likely N-dealkylation sites (N-methyl/N-ethyl adjacent to an activating group) is 1. The van der Waals surface area contributed by atoms with E-state index in [0.29, 0.717) is 5.75 Å².